The number of methoxy groups -OCH3 is 1. The molecule has 70 heavy (non-hydrogen) atoms. The number of benzene rings is 4. The Labute approximate surface area is 411 Å². The van der Waals surface area contributed by atoms with Gasteiger partial charge >= 0.3 is 18.0 Å². The average molecular weight is 945 g/mol. The number of piperidine rings is 1. The van der Waals surface area contributed by atoms with E-state index < -0.39 is 51.5 Å². The molecule has 0 radical (unpaired) electrons. The van der Waals surface area contributed by atoms with E-state index in [4.69, 9.17) is 9.47 Å². The Morgan fingerprint density at radius 1 is 0.900 bits per heavy atom. The first-order chi connectivity index (χ1) is 33.6. The van der Waals surface area contributed by atoms with E-state index in [1.54, 1.807) is 0 Å². The van der Waals surface area contributed by atoms with E-state index in [0.717, 1.165) is 97.6 Å². The number of hydrogen-bond donors (Lipinski definition) is 4. The number of aromatic nitrogens is 1. The number of aryl methyl sites for hydroxylation is 1. The van der Waals surface area contributed by atoms with Crippen molar-refractivity contribution in [2.45, 2.75) is 113 Å². The van der Waals surface area contributed by atoms with Gasteiger partial charge in [0.15, 0.2) is 6.10 Å². The Morgan fingerprint density at radius 2 is 1.64 bits per heavy atom. The van der Waals surface area contributed by atoms with Gasteiger partial charge in [0.25, 0.3) is 0 Å². The summed E-state index contributed by atoms with van der Waals surface area (Å²) in [6.07, 6.45) is 7.56. The lowest BCUT2D eigenvalue weighted by molar-refractivity contribution is -0.228. The van der Waals surface area contributed by atoms with Gasteiger partial charge in [0, 0.05) is 90.4 Å². The third kappa shape index (κ3) is 6.75. The molecule has 1 aromatic heterocycles. The molecule has 1 spiro atoms. The van der Waals surface area contributed by atoms with Crippen molar-refractivity contribution in [3.63, 3.8) is 0 Å². The van der Waals surface area contributed by atoms with Gasteiger partial charge in [0.2, 0.25) is 5.60 Å². The van der Waals surface area contributed by atoms with Gasteiger partial charge in [-0.15, -0.1) is 0 Å². The Kier molecular flexibility index (Phi) is 11.2. The summed E-state index contributed by atoms with van der Waals surface area (Å²) >= 11 is 0. The van der Waals surface area contributed by atoms with Crippen LogP contribution in [0.1, 0.15) is 87.7 Å². The lowest BCUT2D eigenvalue weighted by atomic mass is 9.47. The molecule has 6 aliphatic rings. The first kappa shape index (κ1) is 46.4. The van der Waals surface area contributed by atoms with Gasteiger partial charge in [-0.25, -0.2) is 9.59 Å². The van der Waals surface area contributed by atoms with Gasteiger partial charge < -0.3 is 40.0 Å². The van der Waals surface area contributed by atoms with E-state index in [1.165, 1.54) is 36.2 Å². The van der Waals surface area contributed by atoms with Gasteiger partial charge in [0.1, 0.15) is 0 Å². The number of nitrogens with one attached hydrogen (secondary N) is 3. The van der Waals surface area contributed by atoms with Crippen LogP contribution in [0.15, 0.2) is 103 Å². The van der Waals surface area contributed by atoms with Crippen molar-refractivity contribution in [3.8, 4) is 11.1 Å². The minimum Gasteiger partial charge on any atom is -0.467 e. The molecule has 10 atom stereocenters. The number of carbonyl (C=O) groups excluding carboxylic acids is 3. The Morgan fingerprint density at radius 3 is 2.37 bits per heavy atom. The summed E-state index contributed by atoms with van der Waals surface area (Å²) in [5.41, 5.74) is 6.25. The lowest BCUT2D eigenvalue weighted by Gasteiger charge is -2.63. The molecule has 2 bridgehead atoms. The number of ether oxygens (including phenoxy) is 2. The third-order valence-electron chi connectivity index (χ3n) is 18.1. The summed E-state index contributed by atoms with van der Waals surface area (Å²) in [4.78, 5) is 52.9. The molecule has 5 aliphatic heterocycles. The fraction of sp³-hybridized carbons (Fsp3) is 0.466. The van der Waals surface area contributed by atoms with Crippen LogP contribution in [0.4, 0.5) is 16.2 Å². The van der Waals surface area contributed by atoms with Crippen molar-refractivity contribution in [1.29, 1.82) is 0 Å². The van der Waals surface area contributed by atoms with E-state index >= 15 is 0 Å². The molecule has 12 heteroatoms. The minimum absolute atomic E-state index is 0.179. The number of rotatable bonds is 8. The fourth-order valence-corrected chi connectivity index (χ4v) is 15.5. The molecule has 4 N–H and O–H groups in total. The predicted molar refractivity (Wildman–Crippen MR) is 274 cm³/mol. The van der Waals surface area contributed by atoms with Gasteiger partial charge in [-0.2, -0.15) is 0 Å². The van der Waals surface area contributed by atoms with Crippen molar-refractivity contribution < 1.29 is 29.0 Å². The first-order valence-corrected chi connectivity index (χ1v) is 25.5. The van der Waals surface area contributed by atoms with Crippen molar-refractivity contribution in [1.82, 2.24) is 20.1 Å². The second-order valence-electron chi connectivity index (χ2n) is 21.8. The molecular formula is C58H68N6O6. The Hall–Kier alpha value is -5.95. The van der Waals surface area contributed by atoms with E-state index in [9.17, 15) is 19.5 Å². The van der Waals surface area contributed by atoms with Crippen molar-refractivity contribution in [3.05, 3.63) is 131 Å². The molecule has 4 aromatic carbocycles. The highest BCUT2D eigenvalue weighted by Gasteiger charge is 2.80. The Balaban J connectivity index is 1.01. The number of aromatic amines is 1. The van der Waals surface area contributed by atoms with Crippen LogP contribution in [0.5, 0.6) is 0 Å². The SMILES string of the molecule is CCC1(NC(=O)Nc2ccc(-c3ccccc3)cc2)C[C@H]2CN(CCc3c([nH]c4ccccc34)[C@@](C)(c3cc4c(cc3C)N(C)[C@H]3[C@@](O)(C(=O)OC)[C@H](OC(C)=O)[C@]5(CC)C=CCN6CC[C@]43[C@@H]65)C2)C1. The van der Waals surface area contributed by atoms with Crippen LogP contribution in [0.25, 0.3) is 22.0 Å². The standard InChI is InChI=1S/C58H68N6O6/c1-8-55(61-53(67)59-41-22-20-40(21-23-41)39-16-11-10-12-17-39)33-38-32-54(5,48-43(24-28-63(34-38)35-55)42-18-13-14-19-46(42)60-48)44-31-45-47(30-36(44)3)62(6)50-57(45)26-29-64-27-15-25-56(9-2,49(57)64)51(70-37(4)65)58(50,68)52(66)69-7/h10-23,25,30-31,38,49-51,60,68H,8-9,24,26-29,32-35H2,1-7H3,(H2,59,61,67)/t38-,49-,50+,51+,54+,55?,56+,57+,58-/m0/s1. The lowest BCUT2D eigenvalue weighted by Crippen LogP contribution is -2.81. The fourth-order valence-electron chi connectivity index (χ4n) is 15.5. The van der Waals surface area contributed by atoms with E-state index in [0.29, 0.717) is 12.8 Å². The van der Waals surface area contributed by atoms with Gasteiger partial charge in [-0.05, 0) is 122 Å². The summed E-state index contributed by atoms with van der Waals surface area (Å²) in [6, 6.07) is 30.5. The molecule has 11 rings (SSSR count). The van der Waals surface area contributed by atoms with Crippen molar-refractivity contribution >= 4 is 40.2 Å². The number of nitrogens with zero attached hydrogens (tertiary/aromatic N) is 3. The molecular weight excluding hydrogens is 877 g/mol. The molecule has 1 aliphatic carbocycles. The van der Waals surface area contributed by atoms with E-state index in [-0.39, 0.29) is 18.0 Å². The molecule has 2 saturated heterocycles. The number of carbonyl (C=O) groups is 3. The maximum atomic E-state index is 14.5. The zero-order chi connectivity index (χ0) is 49.0. The van der Waals surface area contributed by atoms with Gasteiger partial charge in [-0.3, -0.25) is 9.69 Å². The topological polar surface area (TPSA) is 139 Å². The number of aliphatic hydroxyl groups is 1. The monoisotopic (exact) mass is 945 g/mol. The third-order valence-corrected chi connectivity index (χ3v) is 18.1. The number of esters is 2. The predicted octanol–water partition coefficient (Wildman–Crippen LogP) is 8.63. The summed E-state index contributed by atoms with van der Waals surface area (Å²) in [7, 11) is 3.30. The normalized spacial score (nSPS) is 32.9. The zero-order valence-electron chi connectivity index (χ0n) is 41.7. The van der Waals surface area contributed by atoms with Crippen LogP contribution < -0.4 is 15.5 Å². The summed E-state index contributed by atoms with van der Waals surface area (Å²) in [5, 5.41) is 21.4. The molecule has 366 valence electrons. The summed E-state index contributed by atoms with van der Waals surface area (Å²) in [5.74, 6) is -1.13. The second-order valence-corrected chi connectivity index (χ2v) is 21.8. The number of likely N-dealkylation sites (N-methyl/N-ethyl adjacent to an activating group) is 1. The minimum atomic E-state index is -2.20. The maximum absolute atomic E-state index is 14.5. The van der Waals surface area contributed by atoms with Crippen LogP contribution in [0.2, 0.25) is 0 Å². The van der Waals surface area contributed by atoms with Crippen LogP contribution in [-0.2, 0) is 36.3 Å². The van der Waals surface area contributed by atoms with Gasteiger partial charge in [0.05, 0.1) is 18.7 Å². The molecule has 2 unspecified atom stereocenters. The zero-order valence-corrected chi connectivity index (χ0v) is 41.7. The van der Waals surface area contributed by atoms with Crippen LogP contribution >= 0.6 is 0 Å². The molecule has 1 saturated carbocycles. The maximum Gasteiger partial charge on any atom is 0.344 e. The molecule has 12 nitrogen and oxygen atoms in total. The molecule has 3 fully saturated rings. The second kappa shape index (κ2) is 16.8. The van der Waals surface area contributed by atoms with Gasteiger partial charge in [-0.1, -0.05) is 92.7 Å². The average Bonchev–Trinajstić information content (AvgIpc) is 4.02. The number of urea groups is 1. The smallest absolute Gasteiger partial charge is 0.344 e. The summed E-state index contributed by atoms with van der Waals surface area (Å²) in [6.45, 7) is 14.3. The number of anilines is 2. The number of fused-ring (bicyclic) bond motifs is 6. The largest absolute Gasteiger partial charge is 0.467 e. The molecule has 2 amide bonds. The quantitative estimate of drug-likeness (QED) is 0.0890. The van der Waals surface area contributed by atoms with Crippen molar-refractivity contribution in [2.75, 3.05) is 57.1 Å². The summed E-state index contributed by atoms with van der Waals surface area (Å²) < 4.78 is 11.8. The van der Waals surface area contributed by atoms with Crippen LogP contribution in [0.3, 0.4) is 0 Å². The molecule has 5 aromatic rings. The number of H-pyrrole nitrogens is 1. The highest BCUT2D eigenvalue weighted by atomic mass is 16.6. The van der Waals surface area contributed by atoms with E-state index in [2.05, 4.69) is 131 Å². The number of para-hydroxylation sites is 1. The number of hydrogen-bond acceptors (Lipinski definition) is 9. The van der Waals surface area contributed by atoms with E-state index in [1.807, 2.05) is 37.4 Å². The number of amides is 2. The highest BCUT2D eigenvalue weighted by Crippen LogP contribution is 2.68. The first-order valence-electron chi connectivity index (χ1n) is 25.5. The highest BCUT2D eigenvalue weighted by molar-refractivity contribution is 5.91. The molecule has 6 heterocycles. The Bertz CT molecular complexity index is 2920. The van der Waals surface area contributed by atoms with Crippen LogP contribution in [-0.4, -0.2) is 114 Å². The van der Waals surface area contributed by atoms with Crippen molar-refractivity contribution in [2.24, 2.45) is 11.3 Å². The van der Waals surface area contributed by atoms with Crippen LogP contribution in [0, 0.1) is 18.3 Å².